The number of nitrogens with zero attached hydrogens (tertiary/aromatic N) is 1. The minimum Gasteiger partial charge on any atom is -0.478 e. The van der Waals surface area contributed by atoms with E-state index < -0.39 is 33.8 Å². The van der Waals surface area contributed by atoms with E-state index in [1.165, 1.54) is 12.1 Å². The van der Waals surface area contributed by atoms with Crippen molar-refractivity contribution in [2.75, 3.05) is 11.4 Å². The van der Waals surface area contributed by atoms with Gasteiger partial charge in [-0.05, 0) is 40.8 Å². The van der Waals surface area contributed by atoms with E-state index >= 15 is 0 Å². The molecule has 1 saturated heterocycles. The maximum atomic E-state index is 13.0. The van der Waals surface area contributed by atoms with Crippen LogP contribution < -0.4 is 4.90 Å². The fourth-order valence-corrected chi connectivity index (χ4v) is 3.15. The largest absolute Gasteiger partial charge is 0.478 e. The normalized spacial score (nSPS) is 19.4. The Kier molecular flexibility index (Phi) is 4.00. The Bertz CT molecular complexity index is 690. The smallest absolute Gasteiger partial charge is 0.337 e. The molecule has 0 radical (unpaired) electrons. The first-order chi connectivity index (χ1) is 9.20. The van der Waals surface area contributed by atoms with Crippen LogP contribution in [0.5, 0.6) is 0 Å². The van der Waals surface area contributed by atoms with Gasteiger partial charge in [-0.1, -0.05) is 0 Å². The lowest BCUT2D eigenvalue weighted by molar-refractivity contribution is -0.117. The van der Waals surface area contributed by atoms with E-state index in [1.54, 1.807) is 6.07 Å². The van der Waals surface area contributed by atoms with Crippen molar-refractivity contribution < 1.29 is 27.0 Å². The van der Waals surface area contributed by atoms with E-state index in [-0.39, 0.29) is 17.8 Å². The number of carbonyl (C=O) groups excluding carboxylic acids is 1. The molecule has 1 amide bonds. The summed E-state index contributed by atoms with van der Waals surface area (Å²) >= 11 is 1.94. The van der Waals surface area contributed by atoms with Gasteiger partial charge in [0.1, 0.15) is 5.25 Å². The second kappa shape index (κ2) is 5.28. The van der Waals surface area contributed by atoms with Gasteiger partial charge < -0.3 is 10.0 Å². The molecule has 1 fully saturated rings. The summed E-state index contributed by atoms with van der Waals surface area (Å²) in [4.78, 5) is 24.0. The zero-order chi connectivity index (χ0) is 15.1. The van der Waals surface area contributed by atoms with Crippen molar-refractivity contribution in [1.29, 1.82) is 0 Å². The summed E-state index contributed by atoms with van der Waals surface area (Å²) in [6, 6.07) is 4.33. The molecule has 0 aromatic heterocycles. The third-order valence-electron chi connectivity index (χ3n) is 2.97. The van der Waals surface area contributed by atoms with Gasteiger partial charge in [-0.15, -0.1) is 3.89 Å². The number of hydrogen-bond acceptors (Lipinski definition) is 4. The van der Waals surface area contributed by atoms with Gasteiger partial charge in [0.15, 0.2) is 0 Å². The van der Waals surface area contributed by atoms with Gasteiger partial charge in [-0.3, -0.25) is 4.79 Å². The summed E-state index contributed by atoms with van der Waals surface area (Å²) in [6.45, 7) is -0.377. The van der Waals surface area contributed by atoms with Crippen LogP contribution in [0.2, 0.25) is 0 Å². The maximum absolute atomic E-state index is 13.0. The fraction of sp³-hybridized carbons (Fsp3) is 0.273. The highest BCUT2D eigenvalue weighted by molar-refractivity contribution is 14.1. The van der Waals surface area contributed by atoms with Crippen molar-refractivity contribution in [1.82, 2.24) is 0 Å². The van der Waals surface area contributed by atoms with Crippen LogP contribution in [0.25, 0.3) is 0 Å². The average molecular weight is 413 g/mol. The molecule has 1 heterocycles. The Morgan fingerprint density at radius 1 is 1.45 bits per heavy atom. The Labute approximate surface area is 127 Å². The summed E-state index contributed by atoms with van der Waals surface area (Å²) in [7, 11) is -4.83. The van der Waals surface area contributed by atoms with E-state index in [4.69, 9.17) is 5.11 Å². The topological polar surface area (TPSA) is 91.8 Å². The van der Waals surface area contributed by atoms with Crippen LogP contribution in [0.1, 0.15) is 16.8 Å². The van der Waals surface area contributed by atoms with Gasteiger partial charge in [0, 0.05) is 16.5 Å². The van der Waals surface area contributed by atoms with Crippen LogP contribution in [0.4, 0.5) is 9.57 Å². The van der Waals surface area contributed by atoms with Crippen molar-refractivity contribution in [3.8, 4) is 0 Å². The number of halogens is 2. The van der Waals surface area contributed by atoms with Gasteiger partial charge in [0.2, 0.25) is 5.91 Å². The molecule has 1 unspecified atom stereocenters. The van der Waals surface area contributed by atoms with E-state index in [0.717, 1.165) is 4.90 Å². The number of hydrogen-bond donors (Lipinski definition) is 1. The average Bonchev–Trinajstić information content (AvgIpc) is 2.70. The number of amides is 1. The van der Waals surface area contributed by atoms with Gasteiger partial charge in [0.25, 0.3) is 0 Å². The first-order valence-electron chi connectivity index (χ1n) is 5.47. The van der Waals surface area contributed by atoms with Crippen molar-refractivity contribution in [2.24, 2.45) is 0 Å². The number of anilines is 1. The first-order valence-corrected chi connectivity index (χ1v) is 7.99. The van der Waals surface area contributed by atoms with Crippen molar-refractivity contribution in [3.05, 3.63) is 27.3 Å². The Morgan fingerprint density at radius 3 is 2.60 bits per heavy atom. The fourth-order valence-electron chi connectivity index (χ4n) is 2.01. The van der Waals surface area contributed by atoms with E-state index in [9.17, 15) is 21.9 Å². The second-order valence-corrected chi connectivity index (χ2v) is 7.14. The minimum absolute atomic E-state index is 0.0838. The molecule has 0 aliphatic carbocycles. The third kappa shape index (κ3) is 2.92. The van der Waals surface area contributed by atoms with Crippen LogP contribution in [-0.2, 0) is 15.0 Å². The molecular weight excluding hydrogens is 404 g/mol. The van der Waals surface area contributed by atoms with Crippen LogP contribution in [0, 0.1) is 3.57 Å². The third-order valence-corrected chi connectivity index (χ3v) is 4.75. The van der Waals surface area contributed by atoms with Gasteiger partial charge in [0.05, 0.1) is 11.3 Å². The van der Waals surface area contributed by atoms with Crippen molar-refractivity contribution in [3.63, 3.8) is 0 Å². The monoisotopic (exact) mass is 413 g/mol. The molecule has 1 aliphatic rings. The molecule has 2 rings (SSSR count). The number of carbonyl (C=O) groups is 2. The highest BCUT2D eigenvalue weighted by atomic mass is 127. The number of carboxylic acids is 1. The van der Waals surface area contributed by atoms with Crippen LogP contribution >= 0.6 is 22.6 Å². The van der Waals surface area contributed by atoms with E-state index in [2.05, 4.69) is 0 Å². The Morgan fingerprint density at radius 2 is 2.10 bits per heavy atom. The second-order valence-electron chi connectivity index (χ2n) is 4.27. The van der Waals surface area contributed by atoms with Gasteiger partial charge >= 0.3 is 16.2 Å². The van der Waals surface area contributed by atoms with Crippen molar-refractivity contribution in [2.45, 2.75) is 11.7 Å². The molecular formula is C11H9FINO5S. The number of rotatable bonds is 3. The summed E-state index contributed by atoms with van der Waals surface area (Å²) in [5, 5.41) is 7.65. The summed E-state index contributed by atoms with van der Waals surface area (Å²) in [5.74, 6) is -1.85. The Hall–Kier alpha value is -1.23. The molecule has 1 aromatic rings. The quantitative estimate of drug-likeness (QED) is 0.598. The van der Waals surface area contributed by atoms with E-state index in [1.807, 2.05) is 22.6 Å². The highest BCUT2D eigenvalue weighted by Gasteiger charge is 2.40. The van der Waals surface area contributed by atoms with Crippen LogP contribution in [0.15, 0.2) is 18.2 Å². The van der Waals surface area contributed by atoms with Crippen LogP contribution in [-0.4, -0.2) is 37.2 Å². The highest BCUT2D eigenvalue weighted by Crippen LogP contribution is 2.30. The standard InChI is InChI=1S/C11H9FINO5S/c12-20(18,19)7-4-10(15)14(5-7)9-3-6(13)1-2-8(9)11(16)17/h1-3,7H,4-5H2,(H,16,17). The molecule has 1 aliphatic heterocycles. The summed E-state index contributed by atoms with van der Waals surface area (Å²) in [5.41, 5.74) is -0.0452. The number of aromatic carboxylic acids is 1. The molecule has 20 heavy (non-hydrogen) atoms. The van der Waals surface area contributed by atoms with Crippen LogP contribution in [0.3, 0.4) is 0 Å². The molecule has 1 aromatic carbocycles. The number of benzene rings is 1. The SMILES string of the molecule is O=C(O)c1ccc(I)cc1N1CC(S(=O)(=O)F)CC1=O. The summed E-state index contributed by atoms with van der Waals surface area (Å²) < 4.78 is 35.4. The molecule has 1 atom stereocenters. The lowest BCUT2D eigenvalue weighted by Crippen LogP contribution is -2.28. The summed E-state index contributed by atoms with van der Waals surface area (Å²) in [6.07, 6.45) is -0.483. The molecule has 0 saturated carbocycles. The minimum atomic E-state index is -4.83. The van der Waals surface area contributed by atoms with Gasteiger partial charge in [-0.25, -0.2) is 4.79 Å². The molecule has 108 valence electrons. The zero-order valence-corrected chi connectivity index (χ0v) is 12.9. The zero-order valence-electron chi connectivity index (χ0n) is 9.92. The van der Waals surface area contributed by atoms with Crippen molar-refractivity contribution >= 4 is 50.4 Å². The van der Waals surface area contributed by atoms with Gasteiger partial charge in [-0.2, -0.15) is 8.42 Å². The molecule has 1 N–H and O–H groups in total. The Balaban J connectivity index is 2.45. The predicted molar refractivity (Wildman–Crippen MR) is 76.9 cm³/mol. The molecule has 6 nitrogen and oxygen atoms in total. The molecule has 0 bridgehead atoms. The number of carboxylic acid groups (broad SMARTS) is 1. The van der Waals surface area contributed by atoms with E-state index in [0.29, 0.717) is 3.57 Å². The lowest BCUT2D eigenvalue weighted by Gasteiger charge is -2.18. The molecule has 0 spiro atoms. The first kappa shape index (κ1) is 15.2. The predicted octanol–water partition coefficient (Wildman–Crippen LogP) is 1.39. The lowest BCUT2D eigenvalue weighted by atomic mass is 10.1. The maximum Gasteiger partial charge on any atom is 0.337 e. The molecule has 9 heteroatoms.